The molecule has 0 radical (unpaired) electrons. The number of benzene rings is 2. The molecule has 0 spiro atoms. The average Bonchev–Trinajstić information content (AvgIpc) is 2.64. The van der Waals surface area contributed by atoms with Gasteiger partial charge in [0, 0.05) is 11.1 Å². The smallest absolute Gasteiger partial charge is 0.179 e. The molecule has 0 bridgehead atoms. The number of nitrogens with one attached hydrogen (secondary N) is 1. The van der Waals surface area contributed by atoms with Gasteiger partial charge in [-0.1, -0.05) is 0 Å². The number of nitrogens with zero attached hydrogens (tertiary/aromatic N) is 1. The van der Waals surface area contributed by atoms with Gasteiger partial charge in [0.1, 0.15) is 23.3 Å². The van der Waals surface area contributed by atoms with E-state index >= 15 is 0 Å². The van der Waals surface area contributed by atoms with Crippen LogP contribution < -0.4 is 10.1 Å². The summed E-state index contributed by atoms with van der Waals surface area (Å²) in [5.74, 6) is -0.0700. The summed E-state index contributed by atoms with van der Waals surface area (Å²) in [6.07, 6.45) is -0.942. The molecule has 0 amide bonds. The first-order valence-electron chi connectivity index (χ1n) is 8.70. The van der Waals surface area contributed by atoms with Crippen molar-refractivity contribution in [1.82, 2.24) is 5.32 Å². The normalized spacial score (nSPS) is 21.5. The predicted molar refractivity (Wildman–Crippen MR) is 97.9 cm³/mol. The molecule has 5 nitrogen and oxygen atoms in total. The number of carbonyl (C=O) groups is 1. The Balaban J connectivity index is 1.91. The second-order valence-electron chi connectivity index (χ2n) is 7.25. The Morgan fingerprint density at radius 3 is 2.59 bits per heavy atom. The number of halogens is 1. The van der Waals surface area contributed by atoms with Crippen LogP contribution in [0.2, 0.25) is 0 Å². The molecule has 0 saturated heterocycles. The van der Waals surface area contributed by atoms with Crippen LogP contribution in [0.5, 0.6) is 5.75 Å². The molecule has 140 valence electrons. The summed E-state index contributed by atoms with van der Waals surface area (Å²) in [5, 5.41) is 23.2. The van der Waals surface area contributed by atoms with Gasteiger partial charge < -0.3 is 9.84 Å². The maximum absolute atomic E-state index is 13.1. The molecule has 1 aliphatic heterocycles. The number of aliphatic hydroxyl groups is 1. The van der Waals surface area contributed by atoms with Crippen LogP contribution in [0.1, 0.15) is 48.3 Å². The minimum Gasteiger partial charge on any atom is -0.485 e. The van der Waals surface area contributed by atoms with Crippen LogP contribution in [-0.4, -0.2) is 28.6 Å². The molecule has 3 rings (SSSR count). The molecule has 2 N–H and O–H groups in total. The van der Waals surface area contributed by atoms with Gasteiger partial charge in [-0.2, -0.15) is 5.26 Å². The zero-order chi connectivity index (χ0) is 19.8. The molecule has 2 aromatic carbocycles. The van der Waals surface area contributed by atoms with Gasteiger partial charge in [0.05, 0.1) is 23.7 Å². The fraction of sp³-hybridized carbons (Fsp3) is 0.333. The standard InChI is InChI=1S/C21H21FN2O3/c1-12(19(25)14-5-7-15(22)8-6-14)24-18-16-10-13(11-23)4-9-17(16)27-21(2,3)20(18)26/h4-10,12,18,20,24,26H,1-3H3. The van der Waals surface area contributed by atoms with Gasteiger partial charge in [0.25, 0.3) is 0 Å². The third kappa shape index (κ3) is 3.70. The molecule has 0 saturated carbocycles. The molecular weight excluding hydrogens is 347 g/mol. The lowest BCUT2D eigenvalue weighted by atomic mass is 9.85. The monoisotopic (exact) mass is 368 g/mol. The lowest BCUT2D eigenvalue weighted by Gasteiger charge is -2.43. The largest absolute Gasteiger partial charge is 0.485 e. The lowest BCUT2D eigenvalue weighted by molar-refractivity contribution is -0.0656. The number of hydrogen-bond donors (Lipinski definition) is 2. The van der Waals surface area contributed by atoms with Crippen molar-refractivity contribution in [2.75, 3.05) is 0 Å². The highest BCUT2D eigenvalue weighted by atomic mass is 19.1. The Bertz CT molecular complexity index is 903. The summed E-state index contributed by atoms with van der Waals surface area (Å²) < 4.78 is 19.0. The Morgan fingerprint density at radius 2 is 1.96 bits per heavy atom. The molecule has 27 heavy (non-hydrogen) atoms. The Morgan fingerprint density at radius 1 is 1.30 bits per heavy atom. The number of carbonyl (C=O) groups excluding carboxylic acids is 1. The lowest BCUT2D eigenvalue weighted by Crippen LogP contribution is -2.54. The van der Waals surface area contributed by atoms with Gasteiger partial charge in [-0.15, -0.1) is 0 Å². The maximum Gasteiger partial charge on any atom is 0.179 e. The van der Waals surface area contributed by atoms with E-state index in [4.69, 9.17) is 4.74 Å². The van der Waals surface area contributed by atoms with E-state index in [0.29, 0.717) is 22.4 Å². The van der Waals surface area contributed by atoms with Crippen LogP contribution in [0, 0.1) is 17.1 Å². The average molecular weight is 368 g/mol. The number of rotatable bonds is 4. The molecule has 3 unspecified atom stereocenters. The van der Waals surface area contributed by atoms with Crippen molar-refractivity contribution in [3.63, 3.8) is 0 Å². The summed E-state index contributed by atoms with van der Waals surface area (Å²) in [5.41, 5.74) is 0.564. The zero-order valence-electron chi connectivity index (χ0n) is 15.4. The number of ketones is 1. The van der Waals surface area contributed by atoms with Gasteiger partial charge in [-0.25, -0.2) is 4.39 Å². The fourth-order valence-electron chi connectivity index (χ4n) is 3.26. The van der Waals surface area contributed by atoms with Crippen LogP contribution in [0.25, 0.3) is 0 Å². The van der Waals surface area contributed by atoms with E-state index in [0.717, 1.165) is 0 Å². The van der Waals surface area contributed by atoms with Gasteiger partial charge in [0.15, 0.2) is 5.78 Å². The molecule has 0 aromatic heterocycles. The number of aliphatic hydroxyl groups excluding tert-OH is 1. The third-order valence-corrected chi connectivity index (χ3v) is 4.83. The number of nitriles is 1. The number of Topliss-reactive ketones (excluding diaryl/α,β-unsaturated/α-hetero) is 1. The minimum atomic E-state index is -0.942. The van der Waals surface area contributed by atoms with Crippen molar-refractivity contribution in [1.29, 1.82) is 5.26 Å². The highest BCUT2D eigenvalue weighted by Gasteiger charge is 2.43. The van der Waals surface area contributed by atoms with Crippen LogP contribution >= 0.6 is 0 Å². The molecule has 1 heterocycles. The Kier molecular flexibility index (Phi) is 5.01. The molecule has 2 aromatic rings. The summed E-state index contributed by atoms with van der Waals surface area (Å²) in [6.45, 7) is 5.22. The summed E-state index contributed by atoms with van der Waals surface area (Å²) in [7, 11) is 0. The Hall–Kier alpha value is -2.75. The van der Waals surface area contributed by atoms with Crippen molar-refractivity contribution in [2.24, 2.45) is 0 Å². The SMILES string of the molecule is CC(NC1c2cc(C#N)ccc2OC(C)(C)C1O)C(=O)c1ccc(F)cc1. The van der Waals surface area contributed by atoms with Crippen molar-refractivity contribution in [3.05, 3.63) is 65.0 Å². The number of hydrogen-bond acceptors (Lipinski definition) is 5. The quantitative estimate of drug-likeness (QED) is 0.810. The molecule has 3 atom stereocenters. The molecule has 0 aliphatic carbocycles. The zero-order valence-corrected chi connectivity index (χ0v) is 15.4. The van der Waals surface area contributed by atoms with E-state index in [2.05, 4.69) is 11.4 Å². The van der Waals surface area contributed by atoms with E-state index in [9.17, 15) is 19.6 Å². The van der Waals surface area contributed by atoms with Crippen molar-refractivity contribution >= 4 is 5.78 Å². The van der Waals surface area contributed by atoms with E-state index in [1.54, 1.807) is 39.0 Å². The molecule has 1 aliphatic rings. The Labute approximate surface area is 157 Å². The van der Waals surface area contributed by atoms with Crippen molar-refractivity contribution in [3.8, 4) is 11.8 Å². The highest BCUT2D eigenvalue weighted by molar-refractivity contribution is 5.99. The van der Waals surface area contributed by atoms with Gasteiger partial charge in [-0.3, -0.25) is 10.1 Å². The van der Waals surface area contributed by atoms with E-state index < -0.39 is 29.6 Å². The van der Waals surface area contributed by atoms with Gasteiger partial charge in [-0.05, 0) is 63.2 Å². The second-order valence-corrected chi connectivity index (χ2v) is 7.25. The maximum atomic E-state index is 13.1. The summed E-state index contributed by atoms with van der Waals surface area (Å²) in [6, 6.07) is 11.2. The fourth-order valence-corrected chi connectivity index (χ4v) is 3.26. The number of fused-ring (bicyclic) bond motifs is 1. The number of ether oxygens (including phenoxy) is 1. The first kappa shape index (κ1) is 19.0. The summed E-state index contributed by atoms with van der Waals surface area (Å²) >= 11 is 0. The van der Waals surface area contributed by atoms with Crippen LogP contribution in [0.4, 0.5) is 4.39 Å². The van der Waals surface area contributed by atoms with Gasteiger partial charge in [0.2, 0.25) is 0 Å². The highest BCUT2D eigenvalue weighted by Crippen LogP contribution is 2.40. The van der Waals surface area contributed by atoms with Crippen molar-refractivity contribution < 1.29 is 19.0 Å². The van der Waals surface area contributed by atoms with Crippen molar-refractivity contribution in [2.45, 2.75) is 44.6 Å². The van der Waals surface area contributed by atoms with Crippen LogP contribution in [0.3, 0.4) is 0 Å². The predicted octanol–water partition coefficient (Wildman–Crippen LogP) is 3.13. The first-order valence-corrected chi connectivity index (χ1v) is 8.70. The molecule has 6 heteroatoms. The van der Waals surface area contributed by atoms with Crippen LogP contribution in [-0.2, 0) is 0 Å². The third-order valence-electron chi connectivity index (χ3n) is 4.83. The molecular formula is C21H21FN2O3. The minimum absolute atomic E-state index is 0.218. The second kappa shape index (κ2) is 7.10. The van der Waals surface area contributed by atoms with E-state index in [1.807, 2.05) is 0 Å². The topological polar surface area (TPSA) is 82.3 Å². The first-order chi connectivity index (χ1) is 12.7. The van der Waals surface area contributed by atoms with Gasteiger partial charge >= 0.3 is 0 Å². The molecule has 0 fully saturated rings. The summed E-state index contributed by atoms with van der Waals surface area (Å²) in [4.78, 5) is 12.7. The van der Waals surface area contributed by atoms with E-state index in [1.165, 1.54) is 24.3 Å². The van der Waals surface area contributed by atoms with E-state index in [-0.39, 0.29) is 5.78 Å². The van der Waals surface area contributed by atoms with Crippen LogP contribution in [0.15, 0.2) is 42.5 Å².